The Bertz CT molecular complexity index is 424. The summed E-state index contributed by atoms with van der Waals surface area (Å²) in [4.78, 5) is 0. The van der Waals surface area contributed by atoms with Crippen molar-refractivity contribution in [2.75, 3.05) is 6.54 Å². The first-order valence-corrected chi connectivity index (χ1v) is 6.01. The zero-order chi connectivity index (χ0) is 11.9. The molecule has 0 fully saturated rings. The molecule has 17 heavy (non-hydrogen) atoms. The molecule has 0 aliphatic carbocycles. The molecule has 1 heterocycles. The molecule has 2 aromatic rings. The Morgan fingerprint density at radius 2 is 2.06 bits per heavy atom. The van der Waals surface area contributed by atoms with Crippen molar-refractivity contribution < 1.29 is 0 Å². The molecular weight excluding hydrogens is 236 g/mol. The molecule has 0 atom stereocenters. The van der Waals surface area contributed by atoms with E-state index in [9.17, 15) is 0 Å². The van der Waals surface area contributed by atoms with Gasteiger partial charge in [0.15, 0.2) is 0 Å². The van der Waals surface area contributed by atoms with Gasteiger partial charge in [0.2, 0.25) is 0 Å². The zero-order valence-corrected chi connectivity index (χ0v) is 10.3. The molecule has 2 rings (SSSR count). The molecule has 1 aromatic heterocycles. The third-order valence-electron chi connectivity index (χ3n) is 2.46. The van der Waals surface area contributed by atoms with Gasteiger partial charge in [-0.15, -0.1) is 5.10 Å². The number of halogens is 1. The van der Waals surface area contributed by atoms with Gasteiger partial charge in [0.1, 0.15) is 0 Å². The highest BCUT2D eigenvalue weighted by atomic mass is 35.5. The molecule has 5 heteroatoms. The maximum absolute atomic E-state index is 5.82. The van der Waals surface area contributed by atoms with Crippen LogP contribution in [-0.2, 0) is 13.1 Å². The van der Waals surface area contributed by atoms with Crippen LogP contribution in [0.4, 0.5) is 0 Å². The van der Waals surface area contributed by atoms with Gasteiger partial charge in [-0.05, 0) is 30.7 Å². The fourth-order valence-corrected chi connectivity index (χ4v) is 1.68. The normalized spacial score (nSPS) is 10.6. The van der Waals surface area contributed by atoms with Crippen molar-refractivity contribution in [3.05, 3.63) is 47.2 Å². The molecule has 4 nitrogen and oxygen atoms in total. The first-order valence-electron chi connectivity index (χ1n) is 5.64. The highest BCUT2D eigenvalue weighted by Crippen LogP contribution is 2.08. The number of nitrogens with zero attached hydrogens (tertiary/aromatic N) is 3. The van der Waals surface area contributed by atoms with E-state index in [0.717, 1.165) is 31.1 Å². The molecule has 1 N–H and O–H groups in total. The lowest BCUT2D eigenvalue weighted by atomic mass is 10.2. The second kappa shape index (κ2) is 6.37. The van der Waals surface area contributed by atoms with Crippen molar-refractivity contribution in [2.24, 2.45) is 0 Å². The topological polar surface area (TPSA) is 42.7 Å². The minimum Gasteiger partial charge on any atom is -0.313 e. The van der Waals surface area contributed by atoms with Crippen molar-refractivity contribution in [1.29, 1.82) is 0 Å². The number of hydrogen-bond donors (Lipinski definition) is 1. The second-order valence-electron chi connectivity index (χ2n) is 3.82. The summed E-state index contributed by atoms with van der Waals surface area (Å²) < 4.78 is 1.84. The van der Waals surface area contributed by atoms with Gasteiger partial charge >= 0.3 is 0 Å². The minimum absolute atomic E-state index is 0.778. The van der Waals surface area contributed by atoms with Gasteiger partial charge in [0.25, 0.3) is 0 Å². The van der Waals surface area contributed by atoms with Crippen molar-refractivity contribution >= 4 is 11.6 Å². The standard InChI is InChI=1S/C12H15ClN4/c13-12-4-2-11(3-5-12)10-14-6-1-8-17-9-7-15-16-17/h2-5,7,9,14H,1,6,8,10H2. The molecule has 0 unspecified atom stereocenters. The highest BCUT2D eigenvalue weighted by Gasteiger charge is 1.94. The van der Waals surface area contributed by atoms with E-state index in [2.05, 4.69) is 15.6 Å². The Morgan fingerprint density at radius 1 is 1.24 bits per heavy atom. The number of benzene rings is 1. The van der Waals surface area contributed by atoms with Crippen LogP contribution in [0.1, 0.15) is 12.0 Å². The summed E-state index contributed by atoms with van der Waals surface area (Å²) in [5.74, 6) is 0. The van der Waals surface area contributed by atoms with Gasteiger partial charge in [-0.25, -0.2) is 0 Å². The van der Waals surface area contributed by atoms with Crippen molar-refractivity contribution in [2.45, 2.75) is 19.5 Å². The maximum Gasteiger partial charge on any atom is 0.0692 e. The van der Waals surface area contributed by atoms with Crippen LogP contribution in [0.3, 0.4) is 0 Å². The Morgan fingerprint density at radius 3 is 2.76 bits per heavy atom. The van der Waals surface area contributed by atoms with Gasteiger partial charge in [-0.3, -0.25) is 4.68 Å². The lowest BCUT2D eigenvalue weighted by molar-refractivity contribution is 0.530. The maximum atomic E-state index is 5.82. The Hall–Kier alpha value is -1.39. The number of nitrogens with one attached hydrogen (secondary N) is 1. The van der Waals surface area contributed by atoms with E-state index >= 15 is 0 Å². The molecule has 1 aromatic carbocycles. The molecular formula is C12H15ClN4. The molecule has 0 radical (unpaired) electrons. The van der Waals surface area contributed by atoms with Gasteiger partial charge in [-0.1, -0.05) is 28.9 Å². The Balaban J connectivity index is 1.61. The van der Waals surface area contributed by atoms with E-state index in [1.165, 1.54) is 5.56 Å². The van der Waals surface area contributed by atoms with Crippen molar-refractivity contribution in [3.63, 3.8) is 0 Å². The van der Waals surface area contributed by atoms with E-state index in [1.54, 1.807) is 6.20 Å². The molecule has 0 aliphatic heterocycles. The van der Waals surface area contributed by atoms with Crippen LogP contribution in [-0.4, -0.2) is 21.5 Å². The van der Waals surface area contributed by atoms with E-state index in [0.29, 0.717) is 0 Å². The summed E-state index contributed by atoms with van der Waals surface area (Å²) in [6.07, 6.45) is 4.61. The molecule has 0 spiro atoms. The average molecular weight is 251 g/mol. The summed E-state index contributed by atoms with van der Waals surface area (Å²) in [5.41, 5.74) is 1.25. The smallest absolute Gasteiger partial charge is 0.0692 e. The summed E-state index contributed by atoms with van der Waals surface area (Å²) >= 11 is 5.82. The predicted molar refractivity (Wildman–Crippen MR) is 67.8 cm³/mol. The largest absolute Gasteiger partial charge is 0.313 e. The van der Waals surface area contributed by atoms with E-state index in [1.807, 2.05) is 35.1 Å². The first kappa shape index (κ1) is 12.1. The van der Waals surface area contributed by atoms with Crippen molar-refractivity contribution in [3.8, 4) is 0 Å². The molecule has 0 aliphatic rings. The summed E-state index contributed by atoms with van der Waals surface area (Å²) in [5, 5.41) is 11.8. The Labute approximate surface area is 106 Å². The van der Waals surface area contributed by atoms with Gasteiger partial charge in [0.05, 0.1) is 6.20 Å². The van der Waals surface area contributed by atoms with E-state index < -0.39 is 0 Å². The van der Waals surface area contributed by atoms with E-state index in [-0.39, 0.29) is 0 Å². The van der Waals surface area contributed by atoms with Crippen molar-refractivity contribution in [1.82, 2.24) is 20.3 Å². The second-order valence-corrected chi connectivity index (χ2v) is 4.26. The monoisotopic (exact) mass is 250 g/mol. The third kappa shape index (κ3) is 4.17. The van der Waals surface area contributed by atoms with Crippen LogP contribution < -0.4 is 5.32 Å². The fourth-order valence-electron chi connectivity index (χ4n) is 1.55. The van der Waals surface area contributed by atoms with Crippen LogP contribution in [0.2, 0.25) is 5.02 Å². The summed E-state index contributed by atoms with van der Waals surface area (Å²) in [6, 6.07) is 7.89. The molecule has 0 saturated heterocycles. The van der Waals surface area contributed by atoms with Crippen LogP contribution in [0.5, 0.6) is 0 Å². The van der Waals surface area contributed by atoms with Gasteiger partial charge in [-0.2, -0.15) is 0 Å². The third-order valence-corrected chi connectivity index (χ3v) is 2.71. The quantitative estimate of drug-likeness (QED) is 0.799. The van der Waals surface area contributed by atoms with Gasteiger partial charge in [0, 0.05) is 24.3 Å². The minimum atomic E-state index is 0.778. The van der Waals surface area contributed by atoms with Crippen LogP contribution in [0, 0.1) is 0 Å². The molecule has 90 valence electrons. The van der Waals surface area contributed by atoms with Gasteiger partial charge < -0.3 is 5.32 Å². The predicted octanol–water partition coefficient (Wildman–Crippen LogP) is 2.11. The number of rotatable bonds is 6. The lowest BCUT2D eigenvalue weighted by Gasteiger charge is -2.05. The molecule has 0 bridgehead atoms. The Kier molecular flexibility index (Phi) is 4.53. The SMILES string of the molecule is Clc1ccc(CNCCCn2ccnn2)cc1. The van der Waals surface area contributed by atoms with Crippen LogP contribution in [0.25, 0.3) is 0 Å². The average Bonchev–Trinajstić information content (AvgIpc) is 2.84. The van der Waals surface area contributed by atoms with Crippen LogP contribution in [0.15, 0.2) is 36.7 Å². The first-order chi connectivity index (χ1) is 8.34. The lowest BCUT2D eigenvalue weighted by Crippen LogP contribution is -2.16. The number of aromatic nitrogens is 3. The number of hydrogen-bond acceptors (Lipinski definition) is 3. The zero-order valence-electron chi connectivity index (χ0n) is 9.51. The fraction of sp³-hybridized carbons (Fsp3) is 0.333. The molecule has 0 saturated carbocycles. The summed E-state index contributed by atoms with van der Waals surface area (Å²) in [6.45, 7) is 2.73. The summed E-state index contributed by atoms with van der Waals surface area (Å²) in [7, 11) is 0. The number of aryl methyl sites for hydroxylation is 1. The highest BCUT2D eigenvalue weighted by molar-refractivity contribution is 6.30. The van der Waals surface area contributed by atoms with E-state index in [4.69, 9.17) is 11.6 Å². The van der Waals surface area contributed by atoms with Crippen LogP contribution >= 0.6 is 11.6 Å². The molecule has 0 amide bonds.